The third kappa shape index (κ3) is 9.19. The summed E-state index contributed by atoms with van der Waals surface area (Å²) < 4.78 is 44.6. The molecule has 2 aromatic carbocycles. The monoisotopic (exact) mass is 630 g/mol. The van der Waals surface area contributed by atoms with Gasteiger partial charge in [-0.25, -0.2) is 4.79 Å². The SMILES string of the molecule is COc1cc(C=C(C(=O)O)c2ccccc2)cc(OC)c1O[C@@H]1O[C@H](COC(C)=O)[C@@H](OC(C)=O)[C@H](OC(C)=O)[C@H]1OC(C)=O. The van der Waals surface area contributed by atoms with Crippen LogP contribution in [-0.2, 0) is 47.7 Å². The summed E-state index contributed by atoms with van der Waals surface area (Å²) in [5.41, 5.74) is 0.826. The first kappa shape index (κ1) is 34.4. The van der Waals surface area contributed by atoms with Crippen LogP contribution in [0.2, 0.25) is 0 Å². The largest absolute Gasteiger partial charge is 0.493 e. The van der Waals surface area contributed by atoms with Crippen LogP contribution in [-0.4, -0.2) is 86.5 Å². The van der Waals surface area contributed by atoms with Crippen LogP contribution in [0, 0.1) is 0 Å². The molecule has 1 saturated heterocycles. The third-order valence-corrected chi connectivity index (χ3v) is 6.29. The van der Waals surface area contributed by atoms with Crippen molar-refractivity contribution >= 4 is 41.5 Å². The Morgan fingerprint density at radius 3 is 1.80 bits per heavy atom. The van der Waals surface area contributed by atoms with Crippen molar-refractivity contribution in [2.45, 2.75) is 58.4 Å². The van der Waals surface area contributed by atoms with Crippen LogP contribution in [0.1, 0.15) is 38.8 Å². The van der Waals surface area contributed by atoms with Crippen molar-refractivity contribution in [2.24, 2.45) is 0 Å². The molecule has 242 valence electrons. The molecule has 0 bridgehead atoms. The van der Waals surface area contributed by atoms with E-state index in [1.54, 1.807) is 30.3 Å². The van der Waals surface area contributed by atoms with Gasteiger partial charge < -0.3 is 43.0 Å². The highest BCUT2D eigenvalue weighted by molar-refractivity contribution is 6.20. The second kappa shape index (κ2) is 15.6. The molecular formula is C31H34O14. The molecule has 1 aliphatic heterocycles. The second-order valence-corrected chi connectivity index (χ2v) is 9.67. The number of carboxylic acids is 1. The number of benzene rings is 2. The van der Waals surface area contributed by atoms with E-state index in [1.807, 2.05) is 0 Å². The van der Waals surface area contributed by atoms with Gasteiger partial charge in [-0.2, -0.15) is 0 Å². The first-order valence-corrected chi connectivity index (χ1v) is 13.6. The molecule has 0 saturated carbocycles. The van der Waals surface area contributed by atoms with Gasteiger partial charge in [-0.3, -0.25) is 19.2 Å². The minimum Gasteiger partial charge on any atom is -0.493 e. The molecule has 3 rings (SSSR count). The lowest BCUT2D eigenvalue weighted by Crippen LogP contribution is -2.63. The van der Waals surface area contributed by atoms with Gasteiger partial charge in [0.05, 0.1) is 19.8 Å². The number of carbonyl (C=O) groups excluding carboxylic acids is 4. The van der Waals surface area contributed by atoms with Crippen molar-refractivity contribution < 1.29 is 67.0 Å². The molecule has 1 aliphatic rings. The summed E-state index contributed by atoms with van der Waals surface area (Å²) >= 11 is 0. The predicted octanol–water partition coefficient (Wildman–Crippen LogP) is 2.79. The Morgan fingerprint density at radius 1 is 0.778 bits per heavy atom. The molecule has 14 nitrogen and oxygen atoms in total. The van der Waals surface area contributed by atoms with Crippen molar-refractivity contribution in [3.63, 3.8) is 0 Å². The standard InChI is InChI=1S/C31H34O14/c1-16(32)40-15-25-27(41-17(2)33)28(42-18(3)34)29(43-19(4)35)31(44-25)45-26-23(38-5)13-20(14-24(26)39-6)12-22(30(36)37)21-10-8-7-9-11-21/h7-14,25,27-29,31H,15H2,1-6H3,(H,36,37)/t25-,27-,28+,29-,31+/m1/s1. The van der Waals surface area contributed by atoms with E-state index in [2.05, 4.69) is 0 Å². The van der Waals surface area contributed by atoms with E-state index in [0.29, 0.717) is 11.1 Å². The minimum absolute atomic E-state index is 0.00652. The minimum atomic E-state index is -1.56. The van der Waals surface area contributed by atoms with Gasteiger partial charge in [-0.15, -0.1) is 0 Å². The topological polar surface area (TPSA) is 179 Å². The quantitative estimate of drug-likeness (QED) is 0.157. The summed E-state index contributed by atoms with van der Waals surface area (Å²) in [6, 6.07) is 11.4. The van der Waals surface area contributed by atoms with Crippen LogP contribution in [0.15, 0.2) is 42.5 Å². The van der Waals surface area contributed by atoms with E-state index in [1.165, 1.54) is 32.4 Å². The highest BCUT2D eigenvalue weighted by Gasteiger charge is 2.53. The molecule has 0 aliphatic carbocycles. The zero-order valence-corrected chi connectivity index (χ0v) is 25.5. The van der Waals surface area contributed by atoms with Crippen LogP contribution in [0.3, 0.4) is 0 Å². The average Bonchev–Trinajstić information content (AvgIpc) is 2.97. The fourth-order valence-corrected chi connectivity index (χ4v) is 4.55. The molecule has 0 amide bonds. The third-order valence-electron chi connectivity index (χ3n) is 6.29. The number of esters is 4. The first-order chi connectivity index (χ1) is 21.3. The molecule has 2 aromatic rings. The average molecular weight is 631 g/mol. The maximum Gasteiger partial charge on any atom is 0.336 e. The summed E-state index contributed by atoms with van der Waals surface area (Å²) in [6.45, 7) is 4.01. The number of hydrogen-bond donors (Lipinski definition) is 1. The van der Waals surface area contributed by atoms with Gasteiger partial charge in [0, 0.05) is 27.7 Å². The smallest absolute Gasteiger partial charge is 0.336 e. The highest BCUT2D eigenvalue weighted by Crippen LogP contribution is 2.42. The molecule has 0 radical (unpaired) electrons. The van der Waals surface area contributed by atoms with E-state index in [0.717, 1.165) is 27.7 Å². The Hall–Kier alpha value is -5.11. The van der Waals surface area contributed by atoms with Crippen LogP contribution in [0.5, 0.6) is 17.2 Å². The summed E-state index contributed by atoms with van der Waals surface area (Å²) in [4.78, 5) is 60.0. The lowest BCUT2D eigenvalue weighted by atomic mass is 9.98. The number of carbonyl (C=O) groups is 5. The molecule has 1 heterocycles. The molecular weight excluding hydrogens is 596 g/mol. The molecule has 45 heavy (non-hydrogen) atoms. The molecule has 1 fully saturated rings. The molecule has 5 atom stereocenters. The number of carboxylic acid groups (broad SMARTS) is 1. The normalized spacial score (nSPS) is 21.1. The van der Waals surface area contributed by atoms with Crippen LogP contribution < -0.4 is 14.2 Å². The van der Waals surface area contributed by atoms with Crippen LogP contribution in [0.25, 0.3) is 11.6 Å². The van der Waals surface area contributed by atoms with Gasteiger partial charge in [0.1, 0.15) is 12.7 Å². The maximum absolute atomic E-state index is 12.2. The van der Waals surface area contributed by atoms with Gasteiger partial charge in [0.2, 0.25) is 18.1 Å². The summed E-state index contributed by atoms with van der Waals surface area (Å²) in [5, 5.41) is 9.87. The molecule has 14 heteroatoms. The number of aliphatic carboxylic acids is 1. The summed E-state index contributed by atoms with van der Waals surface area (Å²) in [7, 11) is 2.66. The molecule has 1 N–H and O–H groups in total. The molecule has 0 aromatic heterocycles. The van der Waals surface area contributed by atoms with E-state index in [9.17, 15) is 29.1 Å². The Bertz CT molecular complexity index is 1410. The number of hydrogen-bond acceptors (Lipinski definition) is 13. The number of methoxy groups -OCH3 is 2. The van der Waals surface area contributed by atoms with Crippen molar-refractivity contribution in [3.05, 3.63) is 53.6 Å². The Balaban J connectivity index is 2.12. The lowest BCUT2D eigenvalue weighted by Gasteiger charge is -2.44. The fourth-order valence-electron chi connectivity index (χ4n) is 4.55. The van der Waals surface area contributed by atoms with Gasteiger partial charge in [-0.1, -0.05) is 30.3 Å². The fraction of sp³-hybridized carbons (Fsp3) is 0.387. The van der Waals surface area contributed by atoms with E-state index >= 15 is 0 Å². The maximum atomic E-state index is 12.2. The first-order valence-electron chi connectivity index (χ1n) is 13.6. The van der Waals surface area contributed by atoms with E-state index in [-0.39, 0.29) is 22.8 Å². The molecule has 0 spiro atoms. The van der Waals surface area contributed by atoms with Crippen molar-refractivity contribution in [1.82, 2.24) is 0 Å². The van der Waals surface area contributed by atoms with Gasteiger partial charge >= 0.3 is 29.8 Å². The van der Waals surface area contributed by atoms with Gasteiger partial charge in [-0.05, 0) is 29.3 Å². The van der Waals surface area contributed by atoms with Crippen molar-refractivity contribution in [3.8, 4) is 17.2 Å². The van der Waals surface area contributed by atoms with Gasteiger partial charge in [0.25, 0.3) is 0 Å². The van der Waals surface area contributed by atoms with E-state index < -0.39 is 67.2 Å². The van der Waals surface area contributed by atoms with Crippen molar-refractivity contribution in [1.29, 1.82) is 0 Å². The molecule has 0 unspecified atom stereocenters. The van der Waals surface area contributed by atoms with E-state index in [4.69, 9.17) is 37.9 Å². The van der Waals surface area contributed by atoms with Gasteiger partial charge in [0.15, 0.2) is 23.7 Å². The van der Waals surface area contributed by atoms with Crippen LogP contribution in [0.4, 0.5) is 0 Å². The summed E-state index contributed by atoms with van der Waals surface area (Å²) in [6.07, 6.45) is -5.73. The second-order valence-electron chi connectivity index (χ2n) is 9.67. The highest BCUT2D eigenvalue weighted by atomic mass is 16.7. The van der Waals surface area contributed by atoms with Crippen LogP contribution >= 0.6 is 0 Å². The number of rotatable bonds is 12. The number of ether oxygens (including phenoxy) is 8. The Kier molecular flexibility index (Phi) is 11.9. The lowest BCUT2D eigenvalue weighted by molar-refractivity contribution is -0.288. The zero-order valence-electron chi connectivity index (χ0n) is 25.5. The predicted molar refractivity (Wildman–Crippen MR) is 154 cm³/mol. The zero-order chi connectivity index (χ0) is 33.3. The Morgan fingerprint density at radius 2 is 1.31 bits per heavy atom. The van der Waals surface area contributed by atoms with Crippen molar-refractivity contribution in [2.75, 3.05) is 20.8 Å². The Labute approximate surface area is 258 Å². The summed E-state index contributed by atoms with van der Waals surface area (Å²) in [5.74, 6) is -4.18.